The highest BCUT2D eigenvalue weighted by Gasteiger charge is 2.35. The van der Waals surface area contributed by atoms with Gasteiger partial charge < -0.3 is 10.1 Å². The Morgan fingerprint density at radius 3 is 2.38 bits per heavy atom. The number of ketones is 1. The lowest BCUT2D eigenvalue weighted by Crippen LogP contribution is -2.26. The Hall–Kier alpha value is -1.60. The Labute approximate surface area is 197 Å². The maximum Gasteiger partial charge on any atom is 0.219 e. The van der Waals surface area contributed by atoms with Crippen LogP contribution in [0, 0.1) is 17.8 Å². The molecule has 1 aliphatic carbocycles. The van der Waals surface area contributed by atoms with E-state index in [0.29, 0.717) is 13.0 Å². The minimum Gasteiger partial charge on any atom is -0.372 e. The number of rotatable bonds is 18. The lowest BCUT2D eigenvalue weighted by atomic mass is 9.94. The topological polar surface area (TPSA) is 55.4 Å². The molecule has 0 bridgehead atoms. The summed E-state index contributed by atoms with van der Waals surface area (Å²) in [6.45, 7) is 7.85. The van der Waals surface area contributed by atoms with Gasteiger partial charge in [0.25, 0.3) is 0 Å². The molecule has 0 aromatic heterocycles. The molecule has 0 fully saturated rings. The number of unbranched alkanes of at least 4 members (excludes halogenated alkanes) is 9. The summed E-state index contributed by atoms with van der Waals surface area (Å²) >= 11 is 0. The van der Waals surface area contributed by atoms with Gasteiger partial charge in [-0.25, -0.2) is 0 Å². The van der Waals surface area contributed by atoms with Crippen molar-refractivity contribution in [1.82, 2.24) is 5.32 Å². The maximum absolute atomic E-state index is 12.7. The third-order valence-electron chi connectivity index (χ3n) is 6.01. The van der Waals surface area contributed by atoms with Crippen LogP contribution in [0.3, 0.4) is 0 Å². The standard InChI is InChI=1S/C28H47NO3/c1-4-7-9-11-12-14-18-24-23-26(30)25(19-15-10-8-5-2)28(24)32-22-17-13-16-20-27(31)29-21-6-3/h23,25,28H,4-13,15-17,19-22H2,1-3H3,(H,29,31)/t25-,28+/m0/s1. The van der Waals surface area contributed by atoms with Crippen LogP contribution in [0.2, 0.25) is 0 Å². The quantitative estimate of drug-likeness (QED) is 0.193. The van der Waals surface area contributed by atoms with E-state index >= 15 is 0 Å². The van der Waals surface area contributed by atoms with Gasteiger partial charge in [0.2, 0.25) is 5.91 Å². The molecule has 0 saturated carbocycles. The van der Waals surface area contributed by atoms with Crippen LogP contribution >= 0.6 is 0 Å². The molecular weight excluding hydrogens is 398 g/mol. The second kappa shape index (κ2) is 18.9. The number of amides is 1. The van der Waals surface area contributed by atoms with E-state index in [0.717, 1.165) is 63.5 Å². The predicted molar refractivity (Wildman–Crippen MR) is 133 cm³/mol. The maximum atomic E-state index is 12.7. The predicted octanol–water partition coefficient (Wildman–Crippen LogP) is 6.53. The first-order valence-electron chi connectivity index (χ1n) is 13.3. The number of nitrogens with one attached hydrogen (secondary N) is 1. The number of hydrogen-bond acceptors (Lipinski definition) is 3. The van der Waals surface area contributed by atoms with Crippen LogP contribution in [-0.4, -0.2) is 30.9 Å². The first-order valence-corrected chi connectivity index (χ1v) is 13.3. The SMILES string of the molecule is CCCCCCC#CC1=CC(=O)[C@H](CCCCCC)[C@@H]1OCCCCCC(=O)NCCC. The first-order chi connectivity index (χ1) is 15.6. The molecule has 182 valence electrons. The third kappa shape index (κ3) is 12.4. The van der Waals surface area contributed by atoms with E-state index in [9.17, 15) is 9.59 Å². The molecule has 0 unspecified atom stereocenters. The van der Waals surface area contributed by atoms with Crippen LogP contribution in [0.15, 0.2) is 11.6 Å². The van der Waals surface area contributed by atoms with Crippen molar-refractivity contribution >= 4 is 11.7 Å². The van der Waals surface area contributed by atoms with Crippen molar-refractivity contribution in [3.05, 3.63) is 11.6 Å². The van der Waals surface area contributed by atoms with E-state index in [1.807, 2.05) is 0 Å². The van der Waals surface area contributed by atoms with Crippen molar-refractivity contribution in [2.75, 3.05) is 13.2 Å². The van der Waals surface area contributed by atoms with Gasteiger partial charge in [0.1, 0.15) is 6.10 Å². The van der Waals surface area contributed by atoms with E-state index in [1.54, 1.807) is 6.08 Å². The zero-order valence-corrected chi connectivity index (χ0v) is 21.0. The van der Waals surface area contributed by atoms with Gasteiger partial charge in [0.05, 0.1) is 5.92 Å². The summed E-state index contributed by atoms with van der Waals surface area (Å²) in [6, 6.07) is 0. The molecule has 4 heteroatoms. The van der Waals surface area contributed by atoms with E-state index in [2.05, 4.69) is 37.9 Å². The number of ether oxygens (including phenoxy) is 1. The highest BCUT2D eigenvalue weighted by Crippen LogP contribution is 2.30. The highest BCUT2D eigenvalue weighted by molar-refractivity contribution is 5.97. The number of carbonyl (C=O) groups is 2. The molecule has 1 aliphatic rings. The molecule has 0 spiro atoms. The molecule has 0 heterocycles. The lowest BCUT2D eigenvalue weighted by Gasteiger charge is -2.21. The first kappa shape index (κ1) is 28.4. The summed E-state index contributed by atoms with van der Waals surface area (Å²) in [7, 11) is 0. The summed E-state index contributed by atoms with van der Waals surface area (Å²) in [5.41, 5.74) is 0.880. The highest BCUT2D eigenvalue weighted by atomic mass is 16.5. The van der Waals surface area contributed by atoms with Crippen LogP contribution < -0.4 is 5.32 Å². The summed E-state index contributed by atoms with van der Waals surface area (Å²) in [4.78, 5) is 24.4. The molecule has 0 saturated heterocycles. The van der Waals surface area contributed by atoms with Crippen molar-refractivity contribution in [3.63, 3.8) is 0 Å². The minimum atomic E-state index is -0.180. The van der Waals surface area contributed by atoms with Gasteiger partial charge in [-0.05, 0) is 38.2 Å². The zero-order chi connectivity index (χ0) is 23.4. The molecular formula is C28H47NO3. The third-order valence-corrected chi connectivity index (χ3v) is 6.01. The average molecular weight is 446 g/mol. The van der Waals surface area contributed by atoms with Crippen molar-refractivity contribution in [2.45, 2.75) is 123 Å². The Kier molecular flexibility index (Phi) is 16.8. The van der Waals surface area contributed by atoms with Crippen LogP contribution in [0.5, 0.6) is 0 Å². The Balaban J connectivity index is 2.49. The summed E-state index contributed by atoms with van der Waals surface area (Å²) < 4.78 is 6.23. The van der Waals surface area contributed by atoms with Gasteiger partial charge >= 0.3 is 0 Å². The second-order valence-corrected chi connectivity index (χ2v) is 9.02. The van der Waals surface area contributed by atoms with E-state index in [-0.39, 0.29) is 23.7 Å². The van der Waals surface area contributed by atoms with Gasteiger partial charge in [-0.3, -0.25) is 9.59 Å². The van der Waals surface area contributed by atoms with E-state index < -0.39 is 0 Å². The molecule has 1 rings (SSSR count). The van der Waals surface area contributed by atoms with Gasteiger partial charge in [-0.1, -0.05) is 84.0 Å². The number of hydrogen-bond donors (Lipinski definition) is 1. The fourth-order valence-electron chi connectivity index (χ4n) is 4.04. The van der Waals surface area contributed by atoms with Gasteiger partial charge in [-0.2, -0.15) is 0 Å². The fraction of sp³-hybridized carbons (Fsp3) is 0.786. The minimum absolute atomic E-state index is 0.0731. The number of carbonyl (C=O) groups excluding carboxylic acids is 2. The molecule has 1 amide bonds. The second-order valence-electron chi connectivity index (χ2n) is 9.02. The summed E-state index contributed by atoms with van der Waals surface area (Å²) in [5, 5.41) is 2.92. The van der Waals surface area contributed by atoms with Gasteiger partial charge in [-0.15, -0.1) is 0 Å². The Bertz CT molecular complexity index is 614. The lowest BCUT2D eigenvalue weighted by molar-refractivity contribution is -0.122. The molecule has 2 atom stereocenters. The molecule has 0 aromatic rings. The monoisotopic (exact) mass is 445 g/mol. The molecule has 0 radical (unpaired) electrons. The van der Waals surface area contributed by atoms with Crippen LogP contribution in [0.25, 0.3) is 0 Å². The van der Waals surface area contributed by atoms with E-state index in [4.69, 9.17) is 4.74 Å². The Morgan fingerprint density at radius 2 is 1.66 bits per heavy atom. The van der Waals surface area contributed by atoms with Gasteiger partial charge in [0.15, 0.2) is 5.78 Å². The van der Waals surface area contributed by atoms with Crippen LogP contribution in [0.1, 0.15) is 117 Å². The molecule has 0 aromatic carbocycles. The van der Waals surface area contributed by atoms with Crippen LogP contribution in [0.4, 0.5) is 0 Å². The molecule has 32 heavy (non-hydrogen) atoms. The van der Waals surface area contributed by atoms with Gasteiger partial charge in [0, 0.05) is 31.6 Å². The van der Waals surface area contributed by atoms with E-state index in [1.165, 1.54) is 38.5 Å². The zero-order valence-electron chi connectivity index (χ0n) is 21.0. The normalized spacial score (nSPS) is 17.7. The Morgan fingerprint density at radius 1 is 0.938 bits per heavy atom. The van der Waals surface area contributed by atoms with Crippen LogP contribution in [-0.2, 0) is 14.3 Å². The largest absolute Gasteiger partial charge is 0.372 e. The van der Waals surface area contributed by atoms with Crippen molar-refractivity contribution in [1.29, 1.82) is 0 Å². The van der Waals surface area contributed by atoms with Crippen molar-refractivity contribution < 1.29 is 14.3 Å². The summed E-state index contributed by atoms with van der Waals surface area (Å²) in [5.74, 6) is 6.80. The molecule has 0 aliphatic heterocycles. The van der Waals surface area contributed by atoms with Crippen molar-refractivity contribution in [2.24, 2.45) is 5.92 Å². The van der Waals surface area contributed by atoms with Crippen molar-refractivity contribution in [3.8, 4) is 11.8 Å². The summed E-state index contributed by atoms with van der Waals surface area (Å²) in [6.07, 6.45) is 17.1. The fourth-order valence-corrected chi connectivity index (χ4v) is 4.04. The average Bonchev–Trinajstić information content (AvgIpc) is 3.08. The number of allylic oxidation sites excluding steroid dienone is 1. The smallest absolute Gasteiger partial charge is 0.219 e. The molecule has 4 nitrogen and oxygen atoms in total. The molecule has 1 N–H and O–H groups in total.